The Morgan fingerprint density at radius 1 is 1.06 bits per heavy atom. The Morgan fingerprint density at radius 2 is 1.77 bits per heavy atom. The van der Waals surface area contributed by atoms with Crippen molar-refractivity contribution >= 4 is 52.2 Å². The van der Waals surface area contributed by atoms with Gasteiger partial charge in [0.1, 0.15) is 18.0 Å². The number of imide groups is 2. The number of nitrogens with one attached hydrogen (secondary N) is 1. The van der Waals surface area contributed by atoms with Gasteiger partial charge in [-0.2, -0.15) is 0 Å². The molecular formula is C26H20FIN2O5. The van der Waals surface area contributed by atoms with Crippen LogP contribution < -0.4 is 19.7 Å². The molecule has 1 aliphatic heterocycles. The van der Waals surface area contributed by atoms with E-state index in [2.05, 4.69) is 5.32 Å². The average Bonchev–Trinajstić information content (AvgIpc) is 2.83. The Balaban J connectivity index is 1.66. The zero-order valence-corrected chi connectivity index (χ0v) is 21.0. The molecule has 1 fully saturated rings. The Kier molecular flexibility index (Phi) is 7.15. The van der Waals surface area contributed by atoms with Crippen molar-refractivity contribution in [2.45, 2.75) is 13.5 Å². The molecule has 4 rings (SSSR count). The molecule has 0 bridgehead atoms. The molecule has 3 aromatic carbocycles. The summed E-state index contributed by atoms with van der Waals surface area (Å²) in [4.78, 5) is 39.1. The number of hydrogen-bond donors (Lipinski definition) is 1. The third kappa shape index (κ3) is 5.04. The number of urea groups is 1. The summed E-state index contributed by atoms with van der Waals surface area (Å²) in [5.74, 6) is -1.16. The summed E-state index contributed by atoms with van der Waals surface area (Å²) in [5.41, 5.74) is 1.77. The zero-order valence-electron chi connectivity index (χ0n) is 18.8. The highest BCUT2D eigenvalue weighted by Crippen LogP contribution is 2.36. The van der Waals surface area contributed by atoms with Crippen molar-refractivity contribution in [2.24, 2.45) is 0 Å². The summed E-state index contributed by atoms with van der Waals surface area (Å²) in [7, 11) is 1.45. The lowest BCUT2D eigenvalue weighted by atomic mass is 10.1. The molecule has 35 heavy (non-hydrogen) atoms. The second-order valence-electron chi connectivity index (χ2n) is 7.66. The van der Waals surface area contributed by atoms with Crippen LogP contribution in [0, 0.1) is 16.3 Å². The minimum absolute atomic E-state index is 0.00609. The highest BCUT2D eigenvalue weighted by Gasteiger charge is 2.37. The van der Waals surface area contributed by atoms with E-state index in [0.29, 0.717) is 37.4 Å². The van der Waals surface area contributed by atoms with E-state index in [-0.39, 0.29) is 18.0 Å². The SMILES string of the molecule is COc1cc(/C=C2\C(=O)NC(=O)N(c3ccccc3C)C2=O)cc(I)c1OCc1ccccc1F. The summed E-state index contributed by atoms with van der Waals surface area (Å²) < 4.78 is 25.9. The number of aryl methyl sites for hydroxylation is 1. The molecule has 7 nitrogen and oxygen atoms in total. The number of methoxy groups -OCH3 is 1. The first-order valence-electron chi connectivity index (χ1n) is 10.5. The fourth-order valence-electron chi connectivity index (χ4n) is 3.59. The van der Waals surface area contributed by atoms with Crippen molar-refractivity contribution in [3.8, 4) is 11.5 Å². The molecule has 3 aromatic rings. The van der Waals surface area contributed by atoms with Gasteiger partial charge >= 0.3 is 6.03 Å². The molecule has 0 unspecified atom stereocenters. The highest BCUT2D eigenvalue weighted by atomic mass is 127. The van der Waals surface area contributed by atoms with E-state index < -0.39 is 17.8 Å². The molecule has 1 aliphatic rings. The van der Waals surface area contributed by atoms with Gasteiger partial charge in [0, 0.05) is 5.56 Å². The van der Waals surface area contributed by atoms with Crippen molar-refractivity contribution in [3.63, 3.8) is 0 Å². The maximum atomic E-state index is 14.0. The third-order valence-corrected chi connectivity index (χ3v) is 6.15. The summed E-state index contributed by atoms with van der Waals surface area (Å²) in [6.07, 6.45) is 1.39. The largest absolute Gasteiger partial charge is 0.493 e. The monoisotopic (exact) mass is 586 g/mol. The number of amides is 4. The number of hydrogen-bond acceptors (Lipinski definition) is 5. The van der Waals surface area contributed by atoms with Crippen LogP contribution in [0.1, 0.15) is 16.7 Å². The Hall–Kier alpha value is -3.73. The van der Waals surface area contributed by atoms with E-state index >= 15 is 0 Å². The molecule has 9 heteroatoms. The van der Waals surface area contributed by atoms with Gasteiger partial charge in [-0.1, -0.05) is 36.4 Å². The van der Waals surface area contributed by atoms with Crippen molar-refractivity contribution in [2.75, 3.05) is 12.0 Å². The first-order chi connectivity index (χ1) is 16.8. The van der Waals surface area contributed by atoms with Crippen LogP contribution in [0.5, 0.6) is 11.5 Å². The fourth-order valence-corrected chi connectivity index (χ4v) is 4.37. The van der Waals surface area contributed by atoms with E-state index in [1.807, 2.05) is 22.6 Å². The number of nitrogens with zero attached hydrogens (tertiary/aromatic N) is 1. The van der Waals surface area contributed by atoms with Gasteiger partial charge in [-0.3, -0.25) is 14.9 Å². The molecule has 0 saturated carbocycles. The Bertz CT molecular complexity index is 1370. The van der Waals surface area contributed by atoms with Crippen LogP contribution in [0.3, 0.4) is 0 Å². The van der Waals surface area contributed by atoms with E-state index in [1.165, 1.54) is 19.3 Å². The van der Waals surface area contributed by atoms with Crippen molar-refractivity contribution in [3.05, 3.63) is 92.3 Å². The summed E-state index contributed by atoms with van der Waals surface area (Å²) >= 11 is 2.03. The lowest BCUT2D eigenvalue weighted by Crippen LogP contribution is -2.54. The van der Waals surface area contributed by atoms with Gasteiger partial charge in [0.15, 0.2) is 11.5 Å². The molecular weight excluding hydrogens is 566 g/mol. The van der Waals surface area contributed by atoms with Gasteiger partial charge in [-0.15, -0.1) is 0 Å². The smallest absolute Gasteiger partial charge is 0.335 e. The lowest BCUT2D eigenvalue weighted by molar-refractivity contribution is -0.122. The average molecular weight is 586 g/mol. The zero-order chi connectivity index (χ0) is 25.1. The van der Waals surface area contributed by atoms with Crippen LogP contribution >= 0.6 is 22.6 Å². The molecule has 0 radical (unpaired) electrons. The van der Waals surface area contributed by atoms with Crippen LogP contribution in [0.4, 0.5) is 14.9 Å². The first-order valence-corrected chi connectivity index (χ1v) is 11.6. The highest BCUT2D eigenvalue weighted by molar-refractivity contribution is 14.1. The molecule has 0 aliphatic carbocycles. The second-order valence-corrected chi connectivity index (χ2v) is 8.82. The summed E-state index contributed by atoms with van der Waals surface area (Å²) in [6, 6.07) is 15.7. The fraction of sp³-hybridized carbons (Fsp3) is 0.115. The summed E-state index contributed by atoms with van der Waals surface area (Å²) in [6.45, 7) is 1.76. The van der Waals surface area contributed by atoms with Gasteiger partial charge in [0.2, 0.25) is 0 Å². The number of halogens is 2. The van der Waals surface area contributed by atoms with Gasteiger partial charge in [-0.05, 0) is 71.0 Å². The minimum atomic E-state index is -0.810. The second kappa shape index (κ2) is 10.3. The molecule has 0 spiro atoms. The van der Waals surface area contributed by atoms with Gasteiger partial charge in [0.05, 0.1) is 16.4 Å². The maximum Gasteiger partial charge on any atom is 0.335 e. The van der Waals surface area contributed by atoms with E-state index in [9.17, 15) is 18.8 Å². The normalized spacial score (nSPS) is 14.8. The topological polar surface area (TPSA) is 84.9 Å². The van der Waals surface area contributed by atoms with Crippen molar-refractivity contribution in [1.82, 2.24) is 5.32 Å². The first kappa shape index (κ1) is 24.4. The third-order valence-electron chi connectivity index (χ3n) is 5.35. The molecule has 178 valence electrons. The van der Waals surface area contributed by atoms with E-state index in [4.69, 9.17) is 9.47 Å². The molecule has 1 heterocycles. The van der Waals surface area contributed by atoms with Crippen LogP contribution in [-0.2, 0) is 16.2 Å². The number of barbiturate groups is 1. The maximum absolute atomic E-state index is 14.0. The molecule has 4 amide bonds. The number of rotatable bonds is 6. The van der Waals surface area contributed by atoms with Gasteiger partial charge in [0.25, 0.3) is 11.8 Å². The van der Waals surface area contributed by atoms with Crippen LogP contribution in [0.15, 0.2) is 66.2 Å². The van der Waals surface area contributed by atoms with E-state index in [1.54, 1.807) is 61.5 Å². The van der Waals surface area contributed by atoms with Crippen LogP contribution in [-0.4, -0.2) is 25.0 Å². The number of benzene rings is 3. The summed E-state index contributed by atoms with van der Waals surface area (Å²) in [5, 5.41) is 2.22. The number of para-hydroxylation sites is 1. The number of anilines is 1. The number of ether oxygens (including phenoxy) is 2. The van der Waals surface area contributed by atoms with Gasteiger partial charge < -0.3 is 9.47 Å². The number of carbonyl (C=O) groups is 3. The van der Waals surface area contributed by atoms with Gasteiger partial charge in [-0.25, -0.2) is 14.1 Å². The number of carbonyl (C=O) groups excluding carboxylic acids is 3. The van der Waals surface area contributed by atoms with Crippen LogP contribution in [0.2, 0.25) is 0 Å². The quantitative estimate of drug-likeness (QED) is 0.250. The minimum Gasteiger partial charge on any atom is -0.493 e. The standard InChI is InChI=1S/C26H20FIN2O5/c1-15-7-3-6-10-21(15)30-25(32)18(24(31)29-26(30)33)11-16-12-20(28)23(22(13-16)34-2)35-14-17-8-4-5-9-19(17)27/h3-13H,14H2,1-2H3,(H,29,31,33)/b18-11+. The van der Waals surface area contributed by atoms with Crippen molar-refractivity contribution < 1.29 is 28.2 Å². The van der Waals surface area contributed by atoms with Crippen LogP contribution in [0.25, 0.3) is 6.08 Å². The molecule has 1 N–H and O–H groups in total. The Labute approximate surface area is 214 Å². The van der Waals surface area contributed by atoms with Crippen molar-refractivity contribution in [1.29, 1.82) is 0 Å². The lowest BCUT2D eigenvalue weighted by Gasteiger charge is -2.27. The molecule has 1 saturated heterocycles. The Morgan fingerprint density at radius 3 is 2.49 bits per heavy atom. The predicted octanol–water partition coefficient (Wildman–Crippen LogP) is 4.99. The predicted molar refractivity (Wildman–Crippen MR) is 137 cm³/mol. The molecule has 0 aromatic heterocycles. The van der Waals surface area contributed by atoms with E-state index in [0.717, 1.165) is 4.90 Å². The molecule has 0 atom stereocenters.